The summed E-state index contributed by atoms with van der Waals surface area (Å²) in [6.07, 6.45) is -1.11. The molecule has 0 aliphatic rings. The highest BCUT2D eigenvalue weighted by Crippen LogP contribution is 2.27. The molecular weight excluding hydrogens is 234 g/mol. The molecule has 0 atom stereocenters. The van der Waals surface area contributed by atoms with E-state index in [4.69, 9.17) is 15.4 Å². The Labute approximate surface area is 104 Å². The summed E-state index contributed by atoms with van der Waals surface area (Å²) in [4.78, 5) is 11.7. The maximum atomic E-state index is 10.8. The average molecular weight is 247 g/mol. The van der Waals surface area contributed by atoms with Crippen molar-refractivity contribution >= 4 is 17.7 Å². The molecule has 0 radical (unpaired) electrons. The molecule has 18 heavy (non-hydrogen) atoms. The van der Waals surface area contributed by atoms with Crippen LogP contribution in [0, 0.1) is 6.92 Å². The summed E-state index contributed by atoms with van der Waals surface area (Å²) >= 11 is 0. The molecule has 1 heterocycles. The number of hydrogen-bond donors (Lipinski definition) is 2. The van der Waals surface area contributed by atoms with Crippen molar-refractivity contribution in [1.29, 1.82) is 0 Å². The lowest BCUT2D eigenvalue weighted by molar-refractivity contribution is 0.201. The first kappa shape index (κ1) is 12.0. The van der Waals surface area contributed by atoms with Crippen molar-refractivity contribution in [3.63, 3.8) is 0 Å². The Bertz CT molecular complexity index is 592. The fourth-order valence-electron chi connectivity index (χ4n) is 1.56. The van der Waals surface area contributed by atoms with Gasteiger partial charge in [-0.3, -0.25) is 0 Å². The summed E-state index contributed by atoms with van der Waals surface area (Å²) in [6, 6.07) is 7.01. The summed E-state index contributed by atoms with van der Waals surface area (Å²) in [5, 5.41) is 12.7. The smallest absolute Gasteiger partial charge is 0.413 e. The minimum Gasteiger partial charge on any atom is -0.465 e. The number of aryl methyl sites for hydroxylation is 1. The van der Waals surface area contributed by atoms with Crippen molar-refractivity contribution in [3.05, 3.63) is 29.8 Å². The van der Waals surface area contributed by atoms with Crippen molar-refractivity contribution in [2.45, 2.75) is 6.92 Å². The van der Waals surface area contributed by atoms with Crippen LogP contribution in [0.5, 0.6) is 0 Å². The number of benzene rings is 1. The van der Waals surface area contributed by atoms with Gasteiger partial charge in [-0.25, -0.2) is 9.69 Å². The van der Waals surface area contributed by atoms with Gasteiger partial charge in [-0.1, -0.05) is 11.2 Å². The van der Waals surface area contributed by atoms with E-state index in [1.165, 1.54) is 7.05 Å². The molecule has 0 saturated heterocycles. The van der Waals surface area contributed by atoms with Crippen LogP contribution in [0.4, 0.5) is 16.4 Å². The van der Waals surface area contributed by atoms with Crippen molar-refractivity contribution in [2.24, 2.45) is 0 Å². The van der Waals surface area contributed by atoms with Gasteiger partial charge in [0.25, 0.3) is 0 Å². The van der Waals surface area contributed by atoms with E-state index in [1.54, 1.807) is 18.2 Å². The van der Waals surface area contributed by atoms with E-state index in [1.807, 2.05) is 13.0 Å². The largest absolute Gasteiger partial charge is 0.465 e. The van der Waals surface area contributed by atoms with Crippen LogP contribution in [-0.4, -0.2) is 23.4 Å². The van der Waals surface area contributed by atoms with Crippen molar-refractivity contribution in [2.75, 3.05) is 17.7 Å². The van der Waals surface area contributed by atoms with E-state index in [0.29, 0.717) is 11.4 Å². The maximum Gasteiger partial charge on any atom is 0.413 e. The van der Waals surface area contributed by atoms with Crippen LogP contribution in [0.3, 0.4) is 0 Å². The molecule has 6 heteroatoms. The van der Waals surface area contributed by atoms with Crippen LogP contribution in [0.15, 0.2) is 28.8 Å². The second-order valence-corrected chi connectivity index (χ2v) is 3.97. The fourth-order valence-corrected chi connectivity index (χ4v) is 1.56. The standard InChI is InChI=1S/C12H13N3O3/c1-7-3-4-8(13)5-9(7)10-6-11(18-14-10)15(2)12(16)17/h3-6H,13H2,1-2H3,(H,16,17). The molecule has 0 fully saturated rings. The Kier molecular flexibility index (Phi) is 2.93. The number of aromatic nitrogens is 1. The summed E-state index contributed by atoms with van der Waals surface area (Å²) in [6.45, 7) is 1.92. The molecule has 3 N–H and O–H groups in total. The van der Waals surface area contributed by atoms with Crippen LogP contribution in [-0.2, 0) is 0 Å². The quantitative estimate of drug-likeness (QED) is 0.794. The minimum absolute atomic E-state index is 0.166. The second kappa shape index (κ2) is 4.40. The Hall–Kier alpha value is -2.50. The van der Waals surface area contributed by atoms with Gasteiger partial charge in [-0.05, 0) is 24.6 Å². The van der Waals surface area contributed by atoms with E-state index in [-0.39, 0.29) is 5.88 Å². The number of nitrogens with two attached hydrogens (primary N) is 1. The van der Waals surface area contributed by atoms with Gasteiger partial charge in [0.15, 0.2) is 0 Å². The molecule has 94 valence electrons. The number of carbonyl (C=O) groups is 1. The topological polar surface area (TPSA) is 92.6 Å². The highest BCUT2D eigenvalue weighted by atomic mass is 16.5. The van der Waals surface area contributed by atoms with E-state index < -0.39 is 6.09 Å². The third-order valence-electron chi connectivity index (χ3n) is 2.65. The molecule has 1 aromatic heterocycles. The minimum atomic E-state index is -1.11. The highest BCUT2D eigenvalue weighted by molar-refractivity contribution is 5.84. The predicted octanol–water partition coefficient (Wildman–Crippen LogP) is 2.35. The summed E-state index contributed by atoms with van der Waals surface area (Å²) in [5.41, 5.74) is 8.70. The summed E-state index contributed by atoms with van der Waals surface area (Å²) in [5.74, 6) is 0.166. The van der Waals surface area contributed by atoms with Gasteiger partial charge in [0.2, 0.25) is 5.88 Å². The molecule has 0 bridgehead atoms. The van der Waals surface area contributed by atoms with Gasteiger partial charge in [0.1, 0.15) is 5.69 Å². The van der Waals surface area contributed by atoms with Gasteiger partial charge in [-0.15, -0.1) is 0 Å². The lowest BCUT2D eigenvalue weighted by Crippen LogP contribution is -2.23. The molecule has 0 unspecified atom stereocenters. The molecule has 2 rings (SSSR count). The zero-order valence-corrected chi connectivity index (χ0v) is 10.0. The fraction of sp³-hybridized carbons (Fsp3) is 0.167. The number of amides is 1. The molecular formula is C12H13N3O3. The molecule has 1 aromatic carbocycles. The van der Waals surface area contributed by atoms with Gasteiger partial charge >= 0.3 is 6.09 Å². The van der Waals surface area contributed by atoms with E-state index in [0.717, 1.165) is 16.0 Å². The number of carboxylic acid groups (broad SMARTS) is 1. The molecule has 0 spiro atoms. The Morgan fingerprint density at radius 2 is 2.17 bits per heavy atom. The Morgan fingerprint density at radius 3 is 2.83 bits per heavy atom. The summed E-state index contributed by atoms with van der Waals surface area (Å²) in [7, 11) is 1.39. The molecule has 2 aromatic rings. The zero-order valence-electron chi connectivity index (χ0n) is 10.0. The van der Waals surface area contributed by atoms with Crippen LogP contribution in [0.2, 0.25) is 0 Å². The second-order valence-electron chi connectivity index (χ2n) is 3.97. The van der Waals surface area contributed by atoms with Crippen molar-refractivity contribution in [3.8, 4) is 11.3 Å². The molecule has 0 aliphatic carbocycles. The molecule has 1 amide bonds. The molecule has 0 aliphatic heterocycles. The van der Waals surface area contributed by atoms with E-state index >= 15 is 0 Å². The van der Waals surface area contributed by atoms with Crippen LogP contribution in [0.1, 0.15) is 5.56 Å². The molecule has 6 nitrogen and oxygen atoms in total. The lowest BCUT2D eigenvalue weighted by atomic mass is 10.1. The maximum absolute atomic E-state index is 10.8. The lowest BCUT2D eigenvalue weighted by Gasteiger charge is -2.06. The predicted molar refractivity (Wildman–Crippen MR) is 67.5 cm³/mol. The van der Waals surface area contributed by atoms with Crippen LogP contribution >= 0.6 is 0 Å². The first-order chi connectivity index (χ1) is 8.49. The van der Waals surface area contributed by atoms with Gasteiger partial charge in [0.05, 0.1) is 0 Å². The number of nitrogen functional groups attached to an aromatic ring is 1. The van der Waals surface area contributed by atoms with Gasteiger partial charge in [0, 0.05) is 24.4 Å². The first-order valence-corrected chi connectivity index (χ1v) is 5.29. The normalized spacial score (nSPS) is 10.3. The highest BCUT2D eigenvalue weighted by Gasteiger charge is 2.16. The number of nitrogens with zero attached hydrogens (tertiary/aromatic N) is 2. The first-order valence-electron chi connectivity index (χ1n) is 5.29. The zero-order chi connectivity index (χ0) is 13.3. The Balaban J connectivity index is 2.41. The number of rotatable bonds is 2. The van der Waals surface area contributed by atoms with Crippen molar-refractivity contribution < 1.29 is 14.4 Å². The van der Waals surface area contributed by atoms with Gasteiger partial charge in [-0.2, -0.15) is 0 Å². The monoisotopic (exact) mass is 247 g/mol. The van der Waals surface area contributed by atoms with E-state index in [2.05, 4.69) is 5.16 Å². The SMILES string of the molecule is Cc1ccc(N)cc1-c1cc(N(C)C(=O)O)on1. The summed E-state index contributed by atoms with van der Waals surface area (Å²) < 4.78 is 4.99. The average Bonchev–Trinajstić information content (AvgIpc) is 2.80. The third-order valence-corrected chi connectivity index (χ3v) is 2.65. The van der Waals surface area contributed by atoms with E-state index in [9.17, 15) is 4.79 Å². The molecule has 0 saturated carbocycles. The number of hydrogen-bond acceptors (Lipinski definition) is 4. The van der Waals surface area contributed by atoms with Crippen molar-refractivity contribution in [1.82, 2.24) is 5.16 Å². The van der Waals surface area contributed by atoms with Gasteiger partial charge < -0.3 is 15.4 Å². The van der Waals surface area contributed by atoms with Crippen LogP contribution < -0.4 is 10.6 Å². The third kappa shape index (κ3) is 2.13. The number of anilines is 2. The van der Waals surface area contributed by atoms with Crippen LogP contribution in [0.25, 0.3) is 11.3 Å². The Morgan fingerprint density at radius 1 is 1.44 bits per heavy atom.